The van der Waals surface area contributed by atoms with Crippen LogP contribution in [0.3, 0.4) is 0 Å². The van der Waals surface area contributed by atoms with Crippen molar-refractivity contribution >= 4 is 11.9 Å². The fourth-order valence-corrected chi connectivity index (χ4v) is 1.96. The van der Waals surface area contributed by atoms with E-state index in [1.54, 1.807) is 0 Å². The molecule has 1 heterocycles. The van der Waals surface area contributed by atoms with E-state index in [2.05, 4.69) is 0 Å². The first-order valence-electron chi connectivity index (χ1n) is 5.35. The average Bonchev–Trinajstić information content (AvgIpc) is 2.67. The van der Waals surface area contributed by atoms with E-state index in [0.717, 1.165) is 6.42 Å². The molecule has 0 spiro atoms. The van der Waals surface area contributed by atoms with Crippen LogP contribution in [0.2, 0.25) is 0 Å². The Labute approximate surface area is 89.2 Å². The van der Waals surface area contributed by atoms with Gasteiger partial charge in [0.2, 0.25) is 5.91 Å². The number of carboxylic acid groups (broad SMARTS) is 1. The highest BCUT2D eigenvalue weighted by Crippen LogP contribution is 2.20. The van der Waals surface area contributed by atoms with Crippen LogP contribution in [0.4, 0.5) is 0 Å². The lowest BCUT2D eigenvalue weighted by Gasteiger charge is -2.25. The molecule has 3 N–H and O–H groups in total. The molecule has 0 bridgehead atoms. The van der Waals surface area contributed by atoms with Crippen LogP contribution < -0.4 is 5.73 Å². The molecule has 0 aromatic rings. The van der Waals surface area contributed by atoms with Gasteiger partial charge in [0, 0.05) is 13.1 Å². The summed E-state index contributed by atoms with van der Waals surface area (Å²) >= 11 is 0. The predicted octanol–water partition coefficient (Wildman–Crippen LogP) is 0.0469. The van der Waals surface area contributed by atoms with Crippen LogP contribution in [0.5, 0.6) is 0 Å². The quantitative estimate of drug-likeness (QED) is 0.692. The Morgan fingerprint density at radius 1 is 1.60 bits per heavy atom. The Balaban J connectivity index is 2.69. The van der Waals surface area contributed by atoms with Crippen molar-refractivity contribution in [2.45, 2.75) is 32.2 Å². The SMILES string of the molecule is CCC(CN)C(=O)N1CCC[C@@H]1C(=O)O. The van der Waals surface area contributed by atoms with Gasteiger partial charge in [-0.1, -0.05) is 6.92 Å². The van der Waals surface area contributed by atoms with Gasteiger partial charge in [-0.05, 0) is 19.3 Å². The first-order chi connectivity index (χ1) is 7.11. The summed E-state index contributed by atoms with van der Waals surface area (Å²) in [6, 6.07) is -0.641. The molecular formula is C10H18N2O3. The van der Waals surface area contributed by atoms with Gasteiger partial charge in [-0.3, -0.25) is 4.79 Å². The summed E-state index contributed by atoms with van der Waals surface area (Å²) in [5, 5.41) is 8.93. The van der Waals surface area contributed by atoms with Crippen molar-refractivity contribution in [3.8, 4) is 0 Å². The van der Waals surface area contributed by atoms with Gasteiger partial charge in [-0.2, -0.15) is 0 Å². The number of carbonyl (C=O) groups is 2. The minimum atomic E-state index is -0.910. The lowest BCUT2D eigenvalue weighted by Crippen LogP contribution is -2.45. The largest absolute Gasteiger partial charge is 0.480 e. The number of hydrogen-bond donors (Lipinski definition) is 2. The van der Waals surface area contributed by atoms with Crippen LogP contribution in [0.15, 0.2) is 0 Å². The molecule has 0 aromatic heterocycles. The van der Waals surface area contributed by atoms with Gasteiger partial charge in [0.05, 0.1) is 5.92 Å². The summed E-state index contributed by atoms with van der Waals surface area (Å²) in [6.45, 7) is 2.73. The summed E-state index contributed by atoms with van der Waals surface area (Å²) in [7, 11) is 0. The highest BCUT2D eigenvalue weighted by atomic mass is 16.4. The molecule has 1 amide bonds. The lowest BCUT2D eigenvalue weighted by atomic mass is 10.0. The molecule has 0 aromatic carbocycles. The van der Waals surface area contributed by atoms with Gasteiger partial charge in [0.15, 0.2) is 0 Å². The van der Waals surface area contributed by atoms with E-state index in [-0.39, 0.29) is 18.4 Å². The number of likely N-dealkylation sites (tertiary alicyclic amines) is 1. The number of carbonyl (C=O) groups excluding carboxylic acids is 1. The monoisotopic (exact) mass is 214 g/mol. The zero-order valence-corrected chi connectivity index (χ0v) is 8.98. The molecule has 0 saturated carbocycles. The maximum absolute atomic E-state index is 11.9. The fourth-order valence-electron chi connectivity index (χ4n) is 1.96. The zero-order valence-electron chi connectivity index (χ0n) is 8.98. The first kappa shape index (κ1) is 12.0. The van der Waals surface area contributed by atoms with Crippen molar-refractivity contribution in [1.29, 1.82) is 0 Å². The molecule has 0 radical (unpaired) electrons. The highest BCUT2D eigenvalue weighted by Gasteiger charge is 2.35. The topological polar surface area (TPSA) is 83.6 Å². The van der Waals surface area contributed by atoms with E-state index in [9.17, 15) is 9.59 Å². The molecule has 5 heteroatoms. The lowest BCUT2D eigenvalue weighted by molar-refractivity contribution is -0.149. The molecule has 15 heavy (non-hydrogen) atoms. The van der Waals surface area contributed by atoms with E-state index >= 15 is 0 Å². The third-order valence-electron chi connectivity index (χ3n) is 2.95. The van der Waals surface area contributed by atoms with Crippen LogP contribution in [-0.4, -0.2) is 41.0 Å². The van der Waals surface area contributed by atoms with E-state index in [4.69, 9.17) is 10.8 Å². The molecule has 1 saturated heterocycles. The van der Waals surface area contributed by atoms with Crippen LogP contribution in [-0.2, 0) is 9.59 Å². The molecule has 1 rings (SSSR count). The number of nitrogens with two attached hydrogens (primary N) is 1. The second-order valence-corrected chi connectivity index (χ2v) is 3.87. The van der Waals surface area contributed by atoms with Crippen LogP contribution in [0.1, 0.15) is 26.2 Å². The van der Waals surface area contributed by atoms with Gasteiger partial charge in [0.1, 0.15) is 6.04 Å². The third-order valence-corrected chi connectivity index (χ3v) is 2.95. The Hall–Kier alpha value is -1.10. The van der Waals surface area contributed by atoms with Crippen molar-refractivity contribution in [2.75, 3.05) is 13.1 Å². The van der Waals surface area contributed by atoms with Crippen molar-refractivity contribution in [1.82, 2.24) is 4.90 Å². The highest BCUT2D eigenvalue weighted by molar-refractivity contribution is 5.85. The van der Waals surface area contributed by atoms with Gasteiger partial charge in [0.25, 0.3) is 0 Å². The molecular weight excluding hydrogens is 196 g/mol. The second kappa shape index (κ2) is 5.11. The predicted molar refractivity (Wildman–Crippen MR) is 55.2 cm³/mol. The van der Waals surface area contributed by atoms with Gasteiger partial charge in [-0.25, -0.2) is 4.79 Å². The Morgan fingerprint density at radius 3 is 2.73 bits per heavy atom. The summed E-state index contributed by atoms with van der Waals surface area (Å²) in [6.07, 6.45) is 1.99. The Morgan fingerprint density at radius 2 is 2.27 bits per heavy atom. The van der Waals surface area contributed by atoms with Gasteiger partial charge < -0.3 is 15.7 Å². The number of aliphatic carboxylic acids is 1. The van der Waals surface area contributed by atoms with Crippen LogP contribution in [0, 0.1) is 5.92 Å². The summed E-state index contributed by atoms with van der Waals surface area (Å²) < 4.78 is 0. The summed E-state index contributed by atoms with van der Waals surface area (Å²) in [5.41, 5.74) is 5.48. The van der Waals surface area contributed by atoms with Crippen molar-refractivity contribution in [3.05, 3.63) is 0 Å². The molecule has 0 aliphatic carbocycles. The summed E-state index contributed by atoms with van der Waals surface area (Å²) in [4.78, 5) is 24.3. The minimum absolute atomic E-state index is 0.107. The average molecular weight is 214 g/mol. The van der Waals surface area contributed by atoms with E-state index in [1.165, 1.54) is 4.90 Å². The molecule has 5 nitrogen and oxygen atoms in total. The third kappa shape index (κ3) is 2.47. The molecule has 1 unspecified atom stereocenters. The second-order valence-electron chi connectivity index (χ2n) is 3.87. The van der Waals surface area contributed by atoms with Crippen LogP contribution in [0.25, 0.3) is 0 Å². The Bertz CT molecular complexity index is 251. The molecule has 1 aliphatic heterocycles. The number of hydrogen-bond acceptors (Lipinski definition) is 3. The number of amides is 1. The van der Waals surface area contributed by atoms with E-state index in [1.807, 2.05) is 6.92 Å². The number of rotatable bonds is 4. The molecule has 86 valence electrons. The normalized spacial score (nSPS) is 22.8. The van der Waals surface area contributed by atoms with Gasteiger partial charge in [-0.15, -0.1) is 0 Å². The smallest absolute Gasteiger partial charge is 0.326 e. The van der Waals surface area contributed by atoms with Crippen LogP contribution >= 0.6 is 0 Å². The maximum atomic E-state index is 11.9. The number of nitrogens with zero attached hydrogens (tertiary/aromatic N) is 1. The van der Waals surface area contributed by atoms with E-state index in [0.29, 0.717) is 19.4 Å². The molecule has 1 aliphatic rings. The molecule has 2 atom stereocenters. The first-order valence-corrected chi connectivity index (χ1v) is 5.35. The zero-order chi connectivity index (χ0) is 11.4. The summed E-state index contributed by atoms with van der Waals surface area (Å²) in [5.74, 6) is -1.25. The maximum Gasteiger partial charge on any atom is 0.326 e. The van der Waals surface area contributed by atoms with E-state index < -0.39 is 12.0 Å². The van der Waals surface area contributed by atoms with Crippen molar-refractivity contribution in [3.63, 3.8) is 0 Å². The minimum Gasteiger partial charge on any atom is -0.480 e. The Kier molecular flexibility index (Phi) is 4.08. The molecule has 1 fully saturated rings. The standard InChI is InChI=1S/C10H18N2O3/c1-2-7(6-11)9(13)12-5-3-4-8(12)10(14)15/h7-8H,2-6,11H2,1H3,(H,14,15)/t7?,8-/m1/s1. The van der Waals surface area contributed by atoms with Crippen molar-refractivity contribution in [2.24, 2.45) is 11.7 Å². The van der Waals surface area contributed by atoms with Crippen molar-refractivity contribution < 1.29 is 14.7 Å². The fraction of sp³-hybridized carbons (Fsp3) is 0.800. The number of carboxylic acids is 1. The van der Waals surface area contributed by atoms with Gasteiger partial charge >= 0.3 is 5.97 Å².